The number of rotatable bonds is 5. The quantitative estimate of drug-likeness (QED) is 0.387. The van der Waals surface area contributed by atoms with Crippen LogP contribution >= 0.6 is 0 Å². The molecule has 184 valence electrons. The summed E-state index contributed by atoms with van der Waals surface area (Å²) >= 11 is 0. The Kier molecular flexibility index (Phi) is 5.52. The van der Waals surface area contributed by atoms with Crippen LogP contribution < -0.4 is 15.5 Å². The second-order valence-electron chi connectivity index (χ2n) is 9.07. The molecule has 1 amide bonds. The molecule has 0 unspecified atom stereocenters. The van der Waals surface area contributed by atoms with Gasteiger partial charge in [-0.25, -0.2) is 18.7 Å². The molecule has 2 aliphatic rings. The van der Waals surface area contributed by atoms with Gasteiger partial charge in [-0.15, -0.1) is 0 Å². The maximum Gasteiger partial charge on any atom is 0.264 e. The predicted octanol–water partition coefficient (Wildman–Crippen LogP) is 4.28. The first kappa shape index (κ1) is 22.4. The van der Waals surface area contributed by atoms with E-state index in [9.17, 15) is 18.7 Å². The number of aromatic nitrogens is 3. The second kappa shape index (κ2) is 8.87. The number of hydrogen-bond donors (Lipinski definition) is 3. The number of nitrogens with one attached hydrogen (secondary N) is 2. The molecule has 1 aromatic carbocycles. The summed E-state index contributed by atoms with van der Waals surface area (Å²) in [6.07, 6.45) is 3.69. The highest BCUT2D eigenvalue weighted by molar-refractivity contribution is 6.06. The summed E-state index contributed by atoms with van der Waals surface area (Å²) in [5, 5.41) is 15.9. The fraction of sp³-hybridized carbons (Fsp3) is 0.269. The predicted molar refractivity (Wildman–Crippen MR) is 132 cm³/mol. The van der Waals surface area contributed by atoms with Crippen LogP contribution in [0.4, 0.5) is 26.0 Å². The number of alkyl halides is 2. The minimum absolute atomic E-state index is 0.0855. The maximum atomic E-state index is 13.1. The number of piperidine rings is 1. The van der Waals surface area contributed by atoms with Crippen LogP contribution in [0.1, 0.15) is 40.8 Å². The van der Waals surface area contributed by atoms with Gasteiger partial charge in [-0.3, -0.25) is 9.20 Å². The molecule has 1 saturated heterocycles. The molecule has 0 aliphatic carbocycles. The smallest absolute Gasteiger partial charge is 0.264 e. The third-order valence-corrected chi connectivity index (χ3v) is 6.87. The fourth-order valence-corrected chi connectivity index (χ4v) is 4.93. The molecule has 0 bridgehead atoms. The van der Waals surface area contributed by atoms with Gasteiger partial charge >= 0.3 is 0 Å². The van der Waals surface area contributed by atoms with E-state index in [0.29, 0.717) is 29.3 Å². The van der Waals surface area contributed by atoms with Crippen molar-refractivity contribution >= 4 is 28.7 Å². The summed E-state index contributed by atoms with van der Waals surface area (Å²) in [7, 11) is 0. The second-order valence-corrected chi connectivity index (χ2v) is 9.07. The number of fused-ring (bicyclic) bond motifs is 2. The highest BCUT2D eigenvalue weighted by atomic mass is 19.3. The van der Waals surface area contributed by atoms with E-state index < -0.39 is 6.43 Å². The monoisotopic (exact) mass is 490 g/mol. The van der Waals surface area contributed by atoms with E-state index in [1.807, 2.05) is 24.3 Å². The molecule has 2 aliphatic heterocycles. The van der Waals surface area contributed by atoms with Gasteiger partial charge < -0.3 is 20.6 Å². The number of benzene rings is 1. The Balaban J connectivity index is 1.30. The van der Waals surface area contributed by atoms with E-state index in [1.165, 1.54) is 12.1 Å². The number of nitrogens with zero attached hydrogens (tertiary/aromatic N) is 4. The molecule has 0 spiro atoms. The van der Waals surface area contributed by atoms with Crippen molar-refractivity contribution in [3.63, 3.8) is 0 Å². The molecule has 36 heavy (non-hydrogen) atoms. The minimum atomic E-state index is -2.57. The zero-order valence-electron chi connectivity index (χ0n) is 19.3. The first-order valence-corrected chi connectivity index (χ1v) is 11.8. The Labute approximate surface area is 205 Å². The van der Waals surface area contributed by atoms with Crippen molar-refractivity contribution in [2.45, 2.75) is 31.9 Å². The summed E-state index contributed by atoms with van der Waals surface area (Å²) in [4.78, 5) is 23.8. The Bertz CT molecular complexity index is 1450. The van der Waals surface area contributed by atoms with Crippen LogP contribution in [0.3, 0.4) is 0 Å². The van der Waals surface area contributed by atoms with Crippen molar-refractivity contribution < 1.29 is 18.7 Å². The number of carbonyl (C=O) groups is 1. The van der Waals surface area contributed by atoms with Crippen molar-refractivity contribution in [2.24, 2.45) is 0 Å². The SMILES string of the molecule is O=C1NCc2c(-c3cnc4cc(C(F)F)ccn34)ccc(Nc3ccc(N4CCC(O)CC4)cn3)c21. The largest absolute Gasteiger partial charge is 0.393 e. The number of aliphatic hydroxyl groups is 1. The van der Waals surface area contributed by atoms with Crippen LogP contribution in [0.2, 0.25) is 0 Å². The third-order valence-electron chi connectivity index (χ3n) is 6.87. The van der Waals surface area contributed by atoms with E-state index >= 15 is 0 Å². The standard InChI is InChI=1S/C26H24F2N6O2/c27-25(28)15-5-10-34-21(14-30-23(34)11-15)18-2-3-20(24-19(18)13-31-26(24)36)32-22-4-1-16(12-29-22)33-8-6-17(35)7-9-33/h1-5,10-12,14,17,25,35H,6-9,13H2,(H,29,32)(H,31,36). The molecule has 5 heterocycles. The number of hydrogen-bond acceptors (Lipinski definition) is 6. The maximum absolute atomic E-state index is 13.1. The summed E-state index contributed by atoms with van der Waals surface area (Å²) in [6.45, 7) is 1.93. The molecular weight excluding hydrogens is 466 g/mol. The summed E-state index contributed by atoms with van der Waals surface area (Å²) in [5.74, 6) is 0.423. The molecule has 3 aromatic heterocycles. The van der Waals surface area contributed by atoms with Gasteiger partial charge in [-0.05, 0) is 48.7 Å². The van der Waals surface area contributed by atoms with Crippen molar-refractivity contribution in [1.29, 1.82) is 0 Å². The lowest BCUT2D eigenvalue weighted by atomic mass is 9.99. The van der Waals surface area contributed by atoms with Gasteiger partial charge in [0, 0.05) is 37.0 Å². The molecule has 8 nitrogen and oxygen atoms in total. The highest BCUT2D eigenvalue weighted by Crippen LogP contribution is 2.36. The molecule has 4 aromatic rings. The van der Waals surface area contributed by atoms with Gasteiger partial charge in [0.15, 0.2) is 0 Å². The van der Waals surface area contributed by atoms with Crippen LogP contribution in [-0.2, 0) is 6.54 Å². The van der Waals surface area contributed by atoms with Crippen molar-refractivity contribution in [3.05, 3.63) is 71.7 Å². The number of halogens is 2. The highest BCUT2D eigenvalue weighted by Gasteiger charge is 2.27. The number of anilines is 3. The lowest BCUT2D eigenvalue weighted by molar-refractivity contribution is 0.0966. The van der Waals surface area contributed by atoms with Gasteiger partial charge in [0.05, 0.1) is 41.1 Å². The van der Waals surface area contributed by atoms with Gasteiger partial charge in [0.2, 0.25) is 0 Å². The Morgan fingerprint density at radius 3 is 2.67 bits per heavy atom. The van der Waals surface area contributed by atoms with Gasteiger partial charge in [-0.1, -0.05) is 6.07 Å². The Morgan fingerprint density at radius 1 is 1.08 bits per heavy atom. The number of carbonyl (C=O) groups excluding carboxylic acids is 1. The molecule has 6 rings (SSSR count). The topological polar surface area (TPSA) is 94.8 Å². The third kappa shape index (κ3) is 3.93. The van der Waals surface area contributed by atoms with Crippen LogP contribution in [-0.4, -0.2) is 44.6 Å². The average molecular weight is 491 g/mol. The number of pyridine rings is 2. The van der Waals surface area contributed by atoms with Gasteiger partial charge in [-0.2, -0.15) is 0 Å². The van der Waals surface area contributed by atoms with Crippen molar-refractivity contribution in [1.82, 2.24) is 19.7 Å². The first-order chi connectivity index (χ1) is 17.5. The summed E-state index contributed by atoms with van der Waals surface area (Å²) < 4.78 is 27.9. The Morgan fingerprint density at radius 2 is 1.92 bits per heavy atom. The lowest BCUT2D eigenvalue weighted by Gasteiger charge is -2.31. The van der Waals surface area contributed by atoms with Crippen LogP contribution in [0.5, 0.6) is 0 Å². The molecule has 0 radical (unpaired) electrons. The van der Waals surface area contributed by atoms with Crippen molar-refractivity contribution in [2.75, 3.05) is 23.3 Å². The average Bonchev–Trinajstić information content (AvgIpc) is 3.49. The van der Waals surface area contributed by atoms with E-state index in [1.54, 1.807) is 23.0 Å². The van der Waals surface area contributed by atoms with E-state index in [4.69, 9.17) is 0 Å². The number of amides is 1. The Hall–Kier alpha value is -4.05. The van der Waals surface area contributed by atoms with Crippen LogP contribution in [0.25, 0.3) is 16.9 Å². The summed E-state index contributed by atoms with van der Waals surface area (Å²) in [5.41, 5.74) is 4.84. The number of imidazole rings is 1. The van der Waals surface area contributed by atoms with Crippen LogP contribution in [0, 0.1) is 0 Å². The minimum Gasteiger partial charge on any atom is -0.393 e. The summed E-state index contributed by atoms with van der Waals surface area (Å²) in [6, 6.07) is 10.3. The molecule has 1 fully saturated rings. The lowest BCUT2D eigenvalue weighted by Crippen LogP contribution is -2.35. The molecule has 10 heteroatoms. The molecule has 0 atom stereocenters. The fourth-order valence-electron chi connectivity index (χ4n) is 4.93. The van der Waals surface area contributed by atoms with E-state index in [-0.39, 0.29) is 17.6 Å². The zero-order valence-corrected chi connectivity index (χ0v) is 19.3. The zero-order chi connectivity index (χ0) is 24.8. The first-order valence-electron chi connectivity index (χ1n) is 11.8. The van der Waals surface area contributed by atoms with E-state index in [0.717, 1.165) is 48.4 Å². The molecule has 3 N–H and O–H groups in total. The normalized spacial score (nSPS) is 16.0. The van der Waals surface area contributed by atoms with Crippen molar-refractivity contribution in [3.8, 4) is 11.3 Å². The van der Waals surface area contributed by atoms with Crippen LogP contribution in [0.15, 0.2) is 55.0 Å². The van der Waals surface area contributed by atoms with Gasteiger partial charge in [0.1, 0.15) is 11.5 Å². The number of aliphatic hydroxyl groups excluding tert-OH is 1. The van der Waals surface area contributed by atoms with Gasteiger partial charge in [0.25, 0.3) is 12.3 Å². The molecular formula is C26H24F2N6O2. The molecule has 0 saturated carbocycles. The van der Waals surface area contributed by atoms with E-state index in [2.05, 4.69) is 25.5 Å².